The van der Waals surface area contributed by atoms with Crippen LogP contribution in [0.3, 0.4) is 0 Å². The summed E-state index contributed by atoms with van der Waals surface area (Å²) >= 11 is 0. The highest BCUT2D eigenvalue weighted by molar-refractivity contribution is 5.58. The largest absolute Gasteiger partial charge is 0.353 e. The SMILES string of the molecule is CCc1nnc(N2CC3CCC(N)C3C2)c(C#N)c1CC. The van der Waals surface area contributed by atoms with Crippen molar-refractivity contribution in [2.75, 3.05) is 18.0 Å². The van der Waals surface area contributed by atoms with E-state index in [0.717, 1.165) is 55.0 Å². The lowest BCUT2D eigenvalue weighted by molar-refractivity contribution is 0.453. The van der Waals surface area contributed by atoms with Crippen LogP contribution < -0.4 is 10.6 Å². The van der Waals surface area contributed by atoms with Gasteiger partial charge in [-0.2, -0.15) is 10.4 Å². The lowest BCUT2D eigenvalue weighted by Gasteiger charge is -2.21. The van der Waals surface area contributed by atoms with Crippen LogP contribution in [0.4, 0.5) is 5.82 Å². The Morgan fingerprint density at radius 2 is 2.05 bits per heavy atom. The Hall–Kier alpha value is -1.67. The molecule has 5 nitrogen and oxygen atoms in total. The smallest absolute Gasteiger partial charge is 0.169 e. The van der Waals surface area contributed by atoms with Gasteiger partial charge in [0, 0.05) is 19.1 Å². The summed E-state index contributed by atoms with van der Waals surface area (Å²) in [5.41, 5.74) is 8.94. The topological polar surface area (TPSA) is 78.8 Å². The quantitative estimate of drug-likeness (QED) is 0.913. The minimum absolute atomic E-state index is 0.305. The minimum Gasteiger partial charge on any atom is -0.353 e. The van der Waals surface area contributed by atoms with E-state index in [1.807, 2.05) is 0 Å². The summed E-state index contributed by atoms with van der Waals surface area (Å²) in [4.78, 5) is 2.23. The fourth-order valence-corrected chi connectivity index (χ4v) is 3.98. The third-order valence-electron chi connectivity index (χ3n) is 5.15. The van der Waals surface area contributed by atoms with Crippen molar-refractivity contribution in [2.45, 2.75) is 45.6 Å². The van der Waals surface area contributed by atoms with E-state index in [1.165, 1.54) is 6.42 Å². The maximum Gasteiger partial charge on any atom is 0.169 e. The number of fused-ring (bicyclic) bond motifs is 1. The van der Waals surface area contributed by atoms with Gasteiger partial charge >= 0.3 is 0 Å². The molecule has 1 aromatic heterocycles. The van der Waals surface area contributed by atoms with Gasteiger partial charge in [0.05, 0.1) is 5.69 Å². The number of hydrogen-bond acceptors (Lipinski definition) is 5. The molecular weight excluding hydrogens is 262 g/mol. The predicted octanol–water partition coefficient (Wildman–Crippen LogP) is 1.65. The average Bonchev–Trinajstić information content (AvgIpc) is 3.07. The highest BCUT2D eigenvalue weighted by Crippen LogP contribution is 2.39. The summed E-state index contributed by atoms with van der Waals surface area (Å²) in [5, 5.41) is 18.3. The number of nitrogens with zero attached hydrogens (tertiary/aromatic N) is 4. The zero-order valence-electron chi connectivity index (χ0n) is 12.8. The van der Waals surface area contributed by atoms with Crippen molar-refractivity contribution in [2.24, 2.45) is 17.6 Å². The average molecular weight is 285 g/mol. The van der Waals surface area contributed by atoms with Gasteiger partial charge in [-0.25, -0.2) is 0 Å². The van der Waals surface area contributed by atoms with Crippen molar-refractivity contribution in [3.63, 3.8) is 0 Å². The van der Waals surface area contributed by atoms with Crippen LogP contribution in [0.25, 0.3) is 0 Å². The van der Waals surface area contributed by atoms with E-state index in [2.05, 4.69) is 35.0 Å². The molecule has 1 aliphatic carbocycles. The lowest BCUT2D eigenvalue weighted by Crippen LogP contribution is -2.31. The van der Waals surface area contributed by atoms with E-state index >= 15 is 0 Å². The van der Waals surface area contributed by atoms with Crippen LogP contribution in [-0.2, 0) is 12.8 Å². The maximum absolute atomic E-state index is 9.60. The first-order valence-electron chi connectivity index (χ1n) is 7.98. The molecule has 0 aromatic carbocycles. The molecule has 2 aliphatic rings. The molecule has 112 valence electrons. The molecule has 0 radical (unpaired) electrons. The van der Waals surface area contributed by atoms with Crippen LogP contribution in [0.5, 0.6) is 0 Å². The minimum atomic E-state index is 0.305. The normalized spacial score (nSPS) is 27.7. The van der Waals surface area contributed by atoms with Crippen molar-refractivity contribution >= 4 is 5.82 Å². The molecule has 0 bridgehead atoms. The molecule has 21 heavy (non-hydrogen) atoms. The summed E-state index contributed by atoms with van der Waals surface area (Å²) in [6.45, 7) is 6.03. The second-order valence-electron chi connectivity index (χ2n) is 6.21. The Morgan fingerprint density at radius 1 is 1.24 bits per heavy atom. The molecule has 1 saturated carbocycles. The monoisotopic (exact) mass is 285 g/mol. The third kappa shape index (κ3) is 2.28. The Bertz CT molecular complexity index is 577. The van der Waals surface area contributed by atoms with Gasteiger partial charge in [0.1, 0.15) is 11.6 Å². The molecule has 5 heteroatoms. The van der Waals surface area contributed by atoms with Gasteiger partial charge in [0.25, 0.3) is 0 Å². The van der Waals surface area contributed by atoms with Gasteiger partial charge in [0.2, 0.25) is 0 Å². The first-order chi connectivity index (χ1) is 10.2. The van der Waals surface area contributed by atoms with Gasteiger partial charge in [-0.05, 0) is 43.1 Å². The molecule has 3 unspecified atom stereocenters. The van der Waals surface area contributed by atoms with Crippen molar-refractivity contribution in [3.8, 4) is 6.07 Å². The summed E-state index contributed by atoms with van der Waals surface area (Å²) in [5.74, 6) is 1.98. The zero-order valence-corrected chi connectivity index (χ0v) is 12.8. The Kier molecular flexibility index (Phi) is 3.81. The molecule has 0 amide bonds. The number of aryl methyl sites for hydroxylation is 1. The number of nitrogens with two attached hydrogens (primary N) is 1. The molecule has 1 aromatic rings. The summed E-state index contributed by atoms with van der Waals surface area (Å²) in [6, 6.07) is 2.67. The number of nitriles is 1. The van der Waals surface area contributed by atoms with Crippen molar-refractivity contribution < 1.29 is 0 Å². The van der Waals surface area contributed by atoms with Crippen LogP contribution in [0.2, 0.25) is 0 Å². The predicted molar refractivity (Wildman–Crippen MR) is 81.9 cm³/mol. The molecule has 2 N–H and O–H groups in total. The van der Waals surface area contributed by atoms with E-state index in [4.69, 9.17) is 5.73 Å². The van der Waals surface area contributed by atoms with Gasteiger partial charge in [0.15, 0.2) is 5.82 Å². The fraction of sp³-hybridized carbons (Fsp3) is 0.688. The van der Waals surface area contributed by atoms with E-state index in [0.29, 0.717) is 17.9 Å². The van der Waals surface area contributed by atoms with Crippen LogP contribution in [-0.4, -0.2) is 29.3 Å². The number of anilines is 1. The highest BCUT2D eigenvalue weighted by atomic mass is 15.3. The molecule has 2 heterocycles. The van der Waals surface area contributed by atoms with Gasteiger partial charge in [-0.1, -0.05) is 13.8 Å². The van der Waals surface area contributed by atoms with E-state index < -0.39 is 0 Å². The Morgan fingerprint density at radius 3 is 2.67 bits per heavy atom. The third-order valence-corrected chi connectivity index (χ3v) is 5.15. The Balaban J connectivity index is 1.95. The summed E-state index contributed by atoms with van der Waals surface area (Å²) in [6.07, 6.45) is 3.98. The number of hydrogen-bond donors (Lipinski definition) is 1. The second kappa shape index (κ2) is 5.61. The van der Waals surface area contributed by atoms with Crippen LogP contribution in [0.15, 0.2) is 0 Å². The van der Waals surface area contributed by atoms with Crippen LogP contribution >= 0.6 is 0 Å². The first-order valence-corrected chi connectivity index (χ1v) is 7.98. The number of rotatable bonds is 3. The lowest BCUT2D eigenvalue weighted by atomic mass is 9.98. The van der Waals surface area contributed by atoms with Gasteiger partial charge < -0.3 is 10.6 Å². The van der Waals surface area contributed by atoms with E-state index in [9.17, 15) is 5.26 Å². The second-order valence-corrected chi connectivity index (χ2v) is 6.21. The fourth-order valence-electron chi connectivity index (χ4n) is 3.98. The molecule has 3 rings (SSSR count). The molecule has 0 spiro atoms. The molecule has 3 atom stereocenters. The van der Waals surface area contributed by atoms with Gasteiger partial charge in [-0.3, -0.25) is 0 Å². The van der Waals surface area contributed by atoms with Crippen molar-refractivity contribution in [1.82, 2.24) is 10.2 Å². The van der Waals surface area contributed by atoms with Gasteiger partial charge in [-0.15, -0.1) is 5.10 Å². The van der Waals surface area contributed by atoms with Crippen molar-refractivity contribution in [1.29, 1.82) is 5.26 Å². The molecule has 2 fully saturated rings. The van der Waals surface area contributed by atoms with Crippen LogP contribution in [0, 0.1) is 23.2 Å². The summed E-state index contributed by atoms with van der Waals surface area (Å²) < 4.78 is 0. The molecule has 1 saturated heterocycles. The number of aromatic nitrogens is 2. The molecular formula is C16H23N5. The standard InChI is InChI=1S/C16H23N5/c1-3-11-12(7-17)16(20-19-15(11)4-2)21-8-10-5-6-14(18)13(10)9-21/h10,13-14H,3-6,8-9,18H2,1-2H3. The highest BCUT2D eigenvalue weighted by Gasteiger charge is 2.42. The first kappa shape index (κ1) is 14.3. The maximum atomic E-state index is 9.60. The van der Waals surface area contributed by atoms with Crippen molar-refractivity contribution in [3.05, 3.63) is 16.8 Å². The van der Waals surface area contributed by atoms with Crippen LogP contribution in [0.1, 0.15) is 43.5 Å². The van der Waals surface area contributed by atoms with E-state index in [-0.39, 0.29) is 0 Å². The summed E-state index contributed by atoms with van der Waals surface area (Å²) in [7, 11) is 0. The Labute approximate surface area is 126 Å². The molecule has 1 aliphatic heterocycles. The zero-order chi connectivity index (χ0) is 15.0. The van der Waals surface area contributed by atoms with E-state index in [1.54, 1.807) is 0 Å².